The van der Waals surface area contributed by atoms with Crippen LogP contribution in [0.25, 0.3) is 0 Å². The molecule has 3 rings (SSSR count). The van der Waals surface area contributed by atoms with Gasteiger partial charge >= 0.3 is 5.97 Å². The second kappa shape index (κ2) is 6.20. The molecule has 5 heteroatoms. The fourth-order valence-corrected chi connectivity index (χ4v) is 4.33. The first-order chi connectivity index (χ1) is 11.3. The minimum Gasteiger partial charge on any atom is -0.481 e. The van der Waals surface area contributed by atoms with Crippen LogP contribution in [0.15, 0.2) is 18.2 Å². The second-order valence-corrected chi connectivity index (χ2v) is 7.46. The molecule has 0 bridgehead atoms. The summed E-state index contributed by atoms with van der Waals surface area (Å²) in [6, 6.07) is 5.62. The molecule has 24 heavy (non-hydrogen) atoms. The maximum absolute atomic E-state index is 12.6. The number of nitrogens with one attached hydrogen (secondary N) is 1. The molecule has 5 nitrogen and oxygen atoms in total. The van der Waals surface area contributed by atoms with Gasteiger partial charge in [-0.1, -0.05) is 24.1 Å². The zero-order valence-corrected chi connectivity index (χ0v) is 14.6. The normalized spacial score (nSPS) is 27.7. The Balaban J connectivity index is 1.69. The van der Waals surface area contributed by atoms with E-state index in [1.54, 1.807) is 0 Å². The number of rotatable bonds is 4. The van der Waals surface area contributed by atoms with E-state index in [4.69, 9.17) is 0 Å². The Morgan fingerprint density at radius 2 is 2.12 bits per heavy atom. The van der Waals surface area contributed by atoms with Crippen molar-refractivity contribution in [3.05, 3.63) is 29.3 Å². The summed E-state index contributed by atoms with van der Waals surface area (Å²) >= 11 is 0. The number of fused-ring (bicyclic) bond motifs is 1. The number of anilines is 1. The fourth-order valence-electron chi connectivity index (χ4n) is 4.33. The van der Waals surface area contributed by atoms with E-state index in [2.05, 4.69) is 5.32 Å². The second-order valence-electron chi connectivity index (χ2n) is 7.46. The van der Waals surface area contributed by atoms with Gasteiger partial charge in [0.1, 0.15) is 0 Å². The Morgan fingerprint density at radius 3 is 2.75 bits per heavy atom. The van der Waals surface area contributed by atoms with E-state index in [-0.39, 0.29) is 17.9 Å². The molecule has 1 heterocycles. The van der Waals surface area contributed by atoms with Gasteiger partial charge in [-0.2, -0.15) is 0 Å². The van der Waals surface area contributed by atoms with Crippen molar-refractivity contribution in [3.63, 3.8) is 0 Å². The lowest BCUT2D eigenvalue weighted by Crippen LogP contribution is -2.43. The van der Waals surface area contributed by atoms with Crippen molar-refractivity contribution < 1.29 is 14.7 Å². The number of nitrogens with zero attached hydrogens (tertiary/aromatic N) is 1. The van der Waals surface area contributed by atoms with Gasteiger partial charge in [-0.15, -0.1) is 0 Å². The highest BCUT2D eigenvalue weighted by atomic mass is 16.4. The summed E-state index contributed by atoms with van der Waals surface area (Å²) in [6.07, 6.45) is 2.66. The molecule has 0 spiro atoms. The van der Waals surface area contributed by atoms with Crippen LogP contribution in [0, 0.1) is 25.2 Å². The zero-order chi connectivity index (χ0) is 17.5. The van der Waals surface area contributed by atoms with Crippen molar-refractivity contribution in [3.8, 4) is 0 Å². The maximum atomic E-state index is 12.6. The van der Waals surface area contributed by atoms with Crippen LogP contribution in [0.2, 0.25) is 0 Å². The standard InChI is InChI=1S/C19H26N2O3/c1-12-6-7-16(13(2)9-12)20-17(22)14(3)21-10-15-5-4-8-19(15,11-21)18(23)24/h6-7,9,14-15H,4-5,8,10-11H2,1-3H3,(H,20,22)(H,23,24)/t14?,15-,19+/m0/s1. The third-order valence-electron chi connectivity index (χ3n) is 5.89. The summed E-state index contributed by atoms with van der Waals surface area (Å²) in [7, 11) is 0. The van der Waals surface area contributed by atoms with Crippen LogP contribution in [0.3, 0.4) is 0 Å². The van der Waals surface area contributed by atoms with Crippen molar-refractivity contribution in [2.24, 2.45) is 11.3 Å². The predicted octanol–water partition coefficient (Wildman–Crippen LogP) is 2.82. The zero-order valence-electron chi connectivity index (χ0n) is 14.6. The lowest BCUT2D eigenvalue weighted by Gasteiger charge is -2.26. The number of carbonyl (C=O) groups is 2. The Labute approximate surface area is 143 Å². The first kappa shape index (κ1) is 17.0. The van der Waals surface area contributed by atoms with Gasteiger partial charge in [0.2, 0.25) is 5.91 Å². The molecule has 130 valence electrons. The maximum Gasteiger partial charge on any atom is 0.311 e. The number of likely N-dealkylation sites (tertiary alicyclic amines) is 1. The van der Waals surface area contributed by atoms with E-state index in [1.807, 2.05) is 43.9 Å². The molecule has 2 fully saturated rings. The topological polar surface area (TPSA) is 69.6 Å². The summed E-state index contributed by atoms with van der Waals surface area (Å²) in [5.41, 5.74) is 2.38. The van der Waals surface area contributed by atoms with Crippen molar-refractivity contribution in [1.82, 2.24) is 4.90 Å². The van der Waals surface area contributed by atoms with E-state index in [0.717, 1.165) is 36.1 Å². The first-order valence-electron chi connectivity index (χ1n) is 8.69. The van der Waals surface area contributed by atoms with Crippen LogP contribution in [-0.4, -0.2) is 41.0 Å². The Hall–Kier alpha value is -1.88. The van der Waals surface area contributed by atoms with Crippen LogP contribution in [0.1, 0.15) is 37.3 Å². The highest BCUT2D eigenvalue weighted by Gasteiger charge is 2.55. The Bertz CT molecular complexity index is 673. The van der Waals surface area contributed by atoms with Crippen LogP contribution in [0.4, 0.5) is 5.69 Å². The minimum absolute atomic E-state index is 0.0672. The monoisotopic (exact) mass is 330 g/mol. The smallest absolute Gasteiger partial charge is 0.311 e. The van der Waals surface area contributed by atoms with Crippen molar-refractivity contribution in [2.75, 3.05) is 18.4 Å². The van der Waals surface area contributed by atoms with E-state index in [0.29, 0.717) is 13.1 Å². The highest BCUT2D eigenvalue weighted by molar-refractivity contribution is 5.95. The quantitative estimate of drug-likeness (QED) is 0.891. The third kappa shape index (κ3) is 2.81. The molecule has 1 aliphatic carbocycles. The van der Waals surface area contributed by atoms with Gasteiger partial charge in [0.05, 0.1) is 11.5 Å². The fraction of sp³-hybridized carbons (Fsp3) is 0.579. The van der Waals surface area contributed by atoms with Crippen molar-refractivity contribution in [1.29, 1.82) is 0 Å². The number of hydrogen-bond donors (Lipinski definition) is 2. The molecule has 1 saturated carbocycles. The number of aryl methyl sites for hydroxylation is 2. The van der Waals surface area contributed by atoms with E-state index in [1.165, 1.54) is 0 Å². The van der Waals surface area contributed by atoms with E-state index >= 15 is 0 Å². The van der Waals surface area contributed by atoms with Crippen LogP contribution in [-0.2, 0) is 9.59 Å². The third-order valence-corrected chi connectivity index (χ3v) is 5.89. The van der Waals surface area contributed by atoms with Gasteiger partial charge in [-0.05, 0) is 51.2 Å². The van der Waals surface area contributed by atoms with Gasteiger partial charge in [-0.3, -0.25) is 14.5 Å². The number of aliphatic carboxylic acids is 1. The van der Waals surface area contributed by atoms with Crippen LogP contribution >= 0.6 is 0 Å². The molecule has 1 aromatic rings. The number of carbonyl (C=O) groups excluding carboxylic acids is 1. The molecular weight excluding hydrogens is 304 g/mol. The molecule has 0 aromatic heterocycles. The lowest BCUT2D eigenvalue weighted by molar-refractivity contribution is -0.149. The van der Waals surface area contributed by atoms with Crippen molar-refractivity contribution in [2.45, 2.75) is 46.1 Å². The summed E-state index contributed by atoms with van der Waals surface area (Å²) in [5, 5.41) is 12.7. The summed E-state index contributed by atoms with van der Waals surface area (Å²) in [4.78, 5) is 26.5. The van der Waals surface area contributed by atoms with E-state index < -0.39 is 11.4 Å². The molecule has 1 saturated heterocycles. The molecular formula is C19H26N2O3. The lowest BCUT2D eigenvalue weighted by atomic mass is 9.81. The van der Waals surface area contributed by atoms with Crippen molar-refractivity contribution >= 4 is 17.6 Å². The van der Waals surface area contributed by atoms with E-state index in [9.17, 15) is 14.7 Å². The molecule has 0 radical (unpaired) electrons. The van der Waals surface area contributed by atoms with Gasteiger partial charge in [0.15, 0.2) is 0 Å². The minimum atomic E-state index is -0.700. The Morgan fingerprint density at radius 1 is 1.38 bits per heavy atom. The SMILES string of the molecule is Cc1ccc(NC(=O)C(C)N2C[C@@H]3CCC[C@@]3(C(=O)O)C2)c(C)c1. The summed E-state index contributed by atoms with van der Waals surface area (Å²) < 4.78 is 0. The van der Waals surface area contributed by atoms with Gasteiger partial charge < -0.3 is 10.4 Å². The molecule has 1 aromatic carbocycles. The number of amides is 1. The number of hydrogen-bond acceptors (Lipinski definition) is 3. The molecule has 1 unspecified atom stereocenters. The predicted molar refractivity (Wildman–Crippen MR) is 93.0 cm³/mol. The van der Waals surface area contributed by atoms with Crippen LogP contribution < -0.4 is 5.32 Å². The largest absolute Gasteiger partial charge is 0.481 e. The number of carboxylic acid groups (broad SMARTS) is 1. The van der Waals surface area contributed by atoms with Crippen LogP contribution in [0.5, 0.6) is 0 Å². The van der Waals surface area contributed by atoms with Gasteiger partial charge in [0, 0.05) is 18.8 Å². The molecule has 2 aliphatic rings. The number of carboxylic acids is 1. The molecule has 1 aliphatic heterocycles. The molecule has 3 atom stereocenters. The summed E-state index contributed by atoms with van der Waals surface area (Å²) in [5.74, 6) is -0.594. The van der Waals surface area contributed by atoms with Gasteiger partial charge in [-0.25, -0.2) is 0 Å². The average Bonchev–Trinajstić information content (AvgIpc) is 3.07. The van der Waals surface area contributed by atoms with Gasteiger partial charge in [0.25, 0.3) is 0 Å². The molecule has 2 N–H and O–H groups in total. The first-order valence-corrected chi connectivity index (χ1v) is 8.69. The molecule has 1 amide bonds. The number of benzene rings is 1. The summed E-state index contributed by atoms with van der Waals surface area (Å²) in [6.45, 7) is 7.06. The highest BCUT2D eigenvalue weighted by Crippen LogP contribution is 2.49. The average molecular weight is 330 g/mol. The Kier molecular flexibility index (Phi) is 4.38.